The smallest absolute Gasteiger partial charge is 0.0429 e. The molecule has 20 heavy (non-hydrogen) atoms. The Morgan fingerprint density at radius 1 is 1.35 bits per heavy atom. The van der Waals surface area contributed by atoms with E-state index in [0.717, 1.165) is 19.5 Å². The maximum Gasteiger partial charge on any atom is 0.0429 e. The fourth-order valence-corrected chi connectivity index (χ4v) is 3.59. The van der Waals surface area contributed by atoms with Crippen molar-refractivity contribution in [2.24, 2.45) is 0 Å². The summed E-state index contributed by atoms with van der Waals surface area (Å²) in [5.41, 5.74) is 8.65. The van der Waals surface area contributed by atoms with Crippen LogP contribution in [0.25, 0.3) is 0 Å². The SMILES string of the molecule is C=C1CC(N2CCCc3ccc(CNI)cc3C2)=C1C. The molecular formula is C17H21IN2. The van der Waals surface area contributed by atoms with Crippen LogP contribution in [-0.4, -0.2) is 11.4 Å². The molecule has 2 nitrogen and oxygen atoms in total. The Labute approximate surface area is 135 Å². The minimum Gasteiger partial charge on any atom is -0.370 e. The lowest BCUT2D eigenvalue weighted by atomic mass is 9.89. The number of fused-ring (bicyclic) bond motifs is 1. The first-order valence-corrected chi connectivity index (χ1v) is 8.34. The zero-order chi connectivity index (χ0) is 14.1. The van der Waals surface area contributed by atoms with Gasteiger partial charge in [0.25, 0.3) is 0 Å². The number of allylic oxidation sites excluding steroid dienone is 2. The molecule has 3 rings (SSSR count). The minimum atomic E-state index is 0.937. The first-order valence-electron chi connectivity index (χ1n) is 7.26. The van der Waals surface area contributed by atoms with Gasteiger partial charge in [0.15, 0.2) is 0 Å². The van der Waals surface area contributed by atoms with Gasteiger partial charge >= 0.3 is 0 Å². The average Bonchev–Trinajstić information content (AvgIpc) is 2.66. The molecular weight excluding hydrogens is 359 g/mol. The molecule has 0 aromatic heterocycles. The fraction of sp³-hybridized carbons (Fsp3) is 0.412. The van der Waals surface area contributed by atoms with Crippen molar-refractivity contribution in [3.8, 4) is 0 Å². The number of hydrogen-bond donors (Lipinski definition) is 1. The summed E-state index contributed by atoms with van der Waals surface area (Å²) in [6.45, 7) is 9.48. The second kappa shape index (κ2) is 5.90. The van der Waals surface area contributed by atoms with Crippen LogP contribution in [0, 0.1) is 0 Å². The number of hydrogen-bond acceptors (Lipinski definition) is 2. The van der Waals surface area contributed by atoms with Crippen LogP contribution >= 0.6 is 22.9 Å². The molecule has 2 aliphatic rings. The van der Waals surface area contributed by atoms with Crippen molar-refractivity contribution in [2.75, 3.05) is 6.54 Å². The number of nitrogens with one attached hydrogen (secondary N) is 1. The highest BCUT2D eigenvalue weighted by molar-refractivity contribution is 14.1. The van der Waals surface area contributed by atoms with Crippen molar-refractivity contribution in [2.45, 2.75) is 39.3 Å². The highest BCUT2D eigenvalue weighted by Crippen LogP contribution is 2.36. The predicted molar refractivity (Wildman–Crippen MR) is 92.5 cm³/mol. The lowest BCUT2D eigenvalue weighted by molar-refractivity contribution is 0.322. The van der Waals surface area contributed by atoms with Gasteiger partial charge in [0, 0.05) is 54.6 Å². The molecule has 0 fully saturated rings. The molecule has 1 aromatic rings. The molecule has 0 unspecified atom stereocenters. The lowest BCUT2D eigenvalue weighted by Gasteiger charge is -2.35. The van der Waals surface area contributed by atoms with Gasteiger partial charge in [-0.15, -0.1) is 0 Å². The van der Waals surface area contributed by atoms with E-state index >= 15 is 0 Å². The molecule has 1 aliphatic heterocycles. The molecule has 0 saturated heterocycles. The van der Waals surface area contributed by atoms with Crippen LogP contribution in [0.1, 0.15) is 36.5 Å². The largest absolute Gasteiger partial charge is 0.370 e. The third-order valence-corrected chi connectivity index (χ3v) is 4.88. The van der Waals surface area contributed by atoms with Gasteiger partial charge in [-0.1, -0.05) is 24.8 Å². The van der Waals surface area contributed by atoms with E-state index in [4.69, 9.17) is 0 Å². The summed E-state index contributed by atoms with van der Waals surface area (Å²) >= 11 is 2.21. The summed E-state index contributed by atoms with van der Waals surface area (Å²) in [5.74, 6) is 0. The standard InChI is InChI=1S/C17H21IN2/c1-12-8-17(13(12)2)20-7-3-4-15-6-5-14(10-19-18)9-16(15)11-20/h5-6,9,19H,1,3-4,7-8,10-11H2,2H3. The molecule has 3 heteroatoms. The van der Waals surface area contributed by atoms with Crippen LogP contribution in [-0.2, 0) is 19.5 Å². The van der Waals surface area contributed by atoms with E-state index in [9.17, 15) is 0 Å². The minimum absolute atomic E-state index is 0.937. The molecule has 0 saturated carbocycles. The van der Waals surface area contributed by atoms with Gasteiger partial charge in [0.1, 0.15) is 0 Å². The normalized spacial score (nSPS) is 18.7. The van der Waals surface area contributed by atoms with E-state index < -0.39 is 0 Å². The monoisotopic (exact) mass is 380 g/mol. The quantitative estimate of drug-likeness (QED) is 0.627. The zero-order valence-corrected chi connectivity index (χ0v) is 14.2. The van der Waals surface area contributed by atoms with Crippen LogP contribution in [0.5, 0.6) is 0 Å². The van der Waals surface area contributed by atoms with E-state index in [0.29, 0.717) is 0 Å². The van der Waals surface area contributed by atoms with Crippen molar-refractivity contribution in [1.82, 2.24) is 8.43 Å². The number of aryl methyl sites for hydroxylation is 1. The molecule has 0 atom stereocenters. The van der Waals surface area contributed by atoms with Crippen LogP contribution in [0.15, 0.2) is 41.6 Å². The van der Waals surface area contributed by atoms with E-state index in [-0.39, 0.29) is 0 Å². The number of benzene rings is 1. The maximum absolute atomic E-state index is 4.10. The third kappa shape index (κ3) is 2.66. The predicted octanol–water partition coefficient (Wildman–Crippen LogP) is 4.11. The van der Waals surface area contributed by atoms with Gasteiger partial charge in [-0.25, -0.2) is 0 Å². The van der Waals surface area contributed by atoms with Crippen LogP contribution < -0.4 is 3.53 Å². The number of halogens is 1. The molecule has 1 aromatic carbocycles. The zero-order valence-electron chi connectivity index (χ0n) is 12.0. The maximum atomic E-state index is 4.10. The third-order valence-electron chi connectivity index (χ3n) is 4.50. The van der Waals surface area contributed by atoms with Crippen molar-refractivity contribution in [3.05, 3.63) is 58.3 Å². The van der Waals surface area contributed by atoms with Crippen LogP contribution in [0.4, 0.5) is 0 Å². The Hall–Kier alpha value is -0.810. The summed E-state index contributed by atoms with van der Waals surface area (Å²) in [5, 5.41) is 0. The second-order valence-corrected chi connectivity index (χ2v) is 6.55. The topological polar surface area (TPSA) is 15.3 Å². The summed E-state index contributed by atoms with van der Waals surface area (Å²) in [6.07, 6.45) is 3.54. The highest BCUT2D eigenvalue weighted by Gasteiger charge is 2.25. The molecule has 0 bridgehead atoms. The Balaban J connectivity index is 1.86. The highest BCUT2D eigenvalue weighted by atomic mass is 127. The Bertz CT molecular complexity index is 574. The van der Waals surface area contributed by atoms with E-state index in [1.807, 2.05) is 0 Å². The fourth-order valence-electron chi connectivity index (χ4n) is 3.15. The second-order valence-electron chi connectivity index (χ2n) is 5.79. The van der Waals surface area contributed by atoms with E-state index in [2.05, 4.69) is 63.0 Å². The summed E-state index contributed by atoms with van der Waals surface area (Å²) in [6, 6.07) is 6.96. The first kappa shape index (κ1) is 14.1. The van der Waals surface area contributed by atoms with Crippen molar-refractivity contribution < 1.29 is 0 Å². The molecule has 1 aliphatic carbocycles. The number of rotatable bonds is 3. The van der Waals surface area contributed by atoms with Gasteiger partial charge in [-0.3, -0.25) is 3.53 Å². The van der Waals surface area contributed by atoms with Gasteiger partial charge < -0.3 is 4.90 Å². The summed E-state index contributed by atoms with van der Waals surface area (Å²) in [4.78, 5) is 2.57. The Morgan fingerprint density at radius 2 is 2.20 bits per heavy atom. The van der Waals surface area contributed by atoms with E-state index in [1.165, 1.54) is 52.9 Å². The Kier molecular flexibility index (Phi) is 4.17. The summed E-state index contributed by atoms with van der Waals surface area (Å²) in [7, 11) is 0. The molecule has 0 amide bonds. The van der Waals surface area contributed by atoms with Gasteiger partial charge in [0.05, 0.1) is 0 Å². The van der Waals surface area contributed by atoms with E-state index in [1.54, 1.807) is 0 Å². The van der Waals surface area contributed by atoms with Crippen LogP contribution in [0.3, 0.4) is 0 Å². The van der Waals surface area contributed by atoms with Crippen molar-refractivity contribution in [3.63, 3.8) is 0 Å². The molecule has 1 heterocycles. The van der Waals surface area contributed by atoms with Crippen molar-refractivity contribution in [1.29, 1.82) is 0 Å². The Morgan fingerprint density at radius 3 is 2.90 bits per heavy atom. The van der Waals surface area contributed by atoms with Crippen molar-refractivity contribution >= 4 is 22.9 Å². The average molecular weight is 380 g/mol. The molecule has 106 valence electrons. The van der Waals surface area contributed by atoms with Gasteiger partial charge in [0.2, 0.25) is 0 Å². The van der Waals surface area contributed by atoms with Gasteiger partial charge in [-0.2, -0.15) is 0 Å². The molecule has 1 N–H and O–H groups in total. The lowest BCUT2D eigenvalue weighted by Crippen LogP contribution is -2.28. The molecule has 0 spiro atoms. The van der Waals surface area contributed by atoms with Gasteiger partial charge in [-0.05, 0) is 47.6 Å². The first-order chi connectivity index (χ1) is 9.69. The molecule has 0 radical (unpaired) electrons. The van der Waals surface area contributed by atoms with Crippen LogP contribution in [0.2, 0.25) is 0 Å². The summed E-state index contributed by atoms with van der Waals surface area (Å²) < 4.78 is 3.21. The number of nitrogens with zero attached hydrogens (tertiary/aromatic N) is 1.